The molecule has 0 spiro atoms. The van der Waals surface area contributed by atoms with Gasteiger partial charge in [0, 0.05) is 37.3 Å². The van der Waals surface area contributed by atoms with E-state index in [0.29, 0.717) is 17.9 Å². The molecule has 2 aromatic rings. The molecule has 0 fully saturated rings. The first kappa shape index (κ1) is 13.6. The van der Waals surface area contributed by atoms with Crippen molar-refractivity contribution < 1.29 is 9.18 Å². The number of nitrogens with zero attached hydrogens (tertiary/aromatic N) is 2. The Labute approximate surface area is 116 Å². The van der Waals surface area contributed by atoms with Gasteiger partial charge >= 0.3 is 0 Å². The summed E-state index contributed by atoms with van der Waals surface area (Å²) in [6, 6.07) is 4.15. The molecule has 0 saturated heterocycles. The van der Waals surface area contributed by atoms with Gasteiger partial charge in [-0.25, -0.2) is 9.37 Å². The highest BCUT2D eigenvalue weighted by Gasteiger charge is 2.11. The Morgan fingerprint density at radius 2 is 2.32 bits per heavy atom. The predicted octanol–water partition coefficient (Wildman–Crippen LogP) is 1.82. The molecule has 0 saturated carbocycles. The van der Waals surface area contributed by atoms with Crippen LogP contribution in [-0.2, 0) is 13.5 Å². The van der Waals surface area contributed by atoms with Gasteiger partial charge in [0.25, 0.3) is 5.91 Å². The molecule has 1 heterocycles. The van der Waals surface area contributed by atoms with Crippen LogP contribution >= 0.6 is 12.6 Å². The summed E-state index contributed by atoms with van der Waals surface area (Å²) in [4.78, 5) is 16.5. The third kappa shape index (κ3) is 3.35. The number of aromatic nitrogens is 2. The predicted molar refractivity (Wildman–Crippen MR) is 72.9 cm³/mol. The lowest BCUT2D eigenvalue weighted by molar-refractivity contribution is 0.0949. The fourth-order valence-electron chi connectivity index (χ4n) is 1.71. The van der Waals surface area contributed by atoms with Crippen molar-refractivity contribution in [3.05, 3.63) is 47.8 Å². The van der Waals surface area contributed by atoms with Crippen LogP contribution in [-0.4, -0.2) is 22.0 Å². The third-order valence-corrected chi connectivity index (χ3v) is 3.03. The van der Waals surface area contributed by atoms with Gasteiger partial charge in [-0.2, -0.15) is 0 Å². The van der Waals surface area contributed by atoms with Crippen LogP contribution in [0.1, 0.15) is 16.2 Å². The molecule has 1 amide bonds. The van der Waals surface area contributed by atoms with Gasteiger partial charge in [0.05, 0.1) is 5.56 Å². The number of aryl methyl sites for hydroxylation is 1. The summed E-state index contributed by atoms with van der Waals surface area (Å²) < 4.78 is 15.3. The van der Waals surface area contributed by atoms with Crippen LogP contribution in [0.5, 0.6) is 0 Å². The maximum absolute atomic E-state index is 13.5. The van der Waals surface area contributed by atoms with Gasteiger partial charge in [-0.3, -0.25) is 4.79 Å². The van der Waals surface area contributed by atoms with Gasteiger partial charge in [-0.1, -0.05) is 0 Å². The number of thiol groups is 1. The number of amides is 1. The van der Waals surface area contributed by atoms with Gasteiger partial charge in [-0.15, -0.1) is 12.6 Å². The van der Waals surface area contributed by atoms with Gasteiger partial charge in [0.1, 0.15) is 11.6 Å². The average molecular weight is 279 g/mol. The van der Waals surface area contributed by atoms with Crippen LogP contribution in [0.4, 0.5) is 4.39 Å². The molecular formula is C13H14FN3OS. The Morgan fingerprint density at radius 1 is 1.53 bits per heavy atom. The third-order valence-electron chi connectivity index (χ3n) is 2.75. The van der Waals surface area contributed by atoms with Crippen molar-refractivity contribution in [2.75, 3.05) is 6.54 Å². The highest BCUT2D eigenvalue weighted by atomic mass is 32.1. The zero-order valence-corrected chi connectivity index (χ0v) is 11.3. The first-order valence-corrected chi connectivity index (χ1v) is 6.25. The Kier molecular flexibility index (Phi) is 4.21. The summed E-state index contributed by atoms with van der Waals surface area (Å²) >= 11 is 4.09. The lowest BCUT2D eigenvalue weighted by Crippen LogP contribution is -2.27. The number of hydrogen-bond donors (Lipinski definition) is 2. The van der Waals surface area contributed by atoms with E-state index in [4.69, 9.17) is 0 Å². The minimum Gasteiger partial charge on any atom is -0.351 e. The number of rotatable bonds is 4. The second-order valence-corrected chi connectivity index (χ2v) is 4.64. The highest BCUT2D eigenvalue weighted by molar-refractivity contribution is 7.80. The van der Waals surface area contributed by atoms with E-state index in [1.54, 1.807) is 6.20 Å². The standard InChI is InChI=1S/C13H14FN3OS/c1-17-7-6-15-12(17)4-5-16-13(18)10-8-9(19)2-3-11(10)14/h2-3,6-8,19H,4-5H2,1H3,(H,16,18). The van der Waals surface area contributed by atoms with Gasteiger partial charge in [0.15, 0.2) is 0 Å². The topological polar surface area (TPSA) is 46.9 Å². The van der Waals surface area contributed by atoms with Crippen molar-refractivity contribution in [2.45, 2.75) is 11.3 Å². The normalized spacial score (nSPS) is 10.5. The Morgan fingerprint density at radius 3 is 3.00 bits per heavy atom. The SMILES string of the molecule is Cn1ccnc1CCNC(=O)c1cc(S)ccc1F. The lowest BCUT2D eigenvalue weighted by Gasteiger charge is -2.07. The number of nitrogens with one attached hydrogen (secondary N) is 1. The van der Waals surface area contributed by atoms with E-state index < -0.39 is 11.7 Å². The smallest absolute Gasteiger partial charge is 0.254 e. The summed E-state index contributed by atoms with van der Waals surface area (Å²) in [5.41, 5.74) is 0.00680. The largest absolute Gasteiger partial charge is 0.351 e. The minimum atomic E-state index is -0.549. The first-order chi connectivity index (χ1) is 9.08. The molecule has 100 valence electrons. The molecule has 4 nitrogen and oxygen atoms in total. The van der Waals surface area contributed by atoms with Crippen molar-refractivity contribution in [1.29, 1.82) is 0 Å². The fraction of sp³-hybridized carbons (Fsp3) is 0.231. The van der Waals surface area contributed by atoms with Crippen LogP contribution in [0.2, 0.25) is 0 Å². The first-order valence-electron chi connectivity index (χ1n) is 5.81. The molecule has 6 heteroatoms. The van der Waals surface area contributed by atoms with Crippen LogP contribution in [0, 0.1) is 5.82 Å². The summed E-state index contributed by atoms with van der Waals surface area (Å²) in [5.74, 6) is -0.126. The summed E-state index contributed by atoms with van der Waals surface area (Å²) in [5, 5.41) is 2.67. The summed E-state index contributed by atoms with van der Waals surface area (Å²) in [7, 11) is 1.88. The molecule has 1 N–H and O–H groups in total. The zero-order chi connectivity index (χ0) is 13.8. The van der Waals surface area contributed by atoms with E-state index in [1.807, 2.05) is 17.8 Å². The van der Waals surface area contributed by atoms with Crippen molar-refractivity contribution in [3.63, 3.8) is 0 Å². The zero-order valence-electron chi connectivity index (χ0n) is 10.4. The van der Waals surface area contributed by atoms with Crippen molar-refractivity contribution >= 4 is 18.5 Å². The second-order valence-electron chi connectivity index (χ2n) is 4.12. The number of carbonyl (C=O) groups excluding carboxylic acids is 1. The summed E-state index contributed by atoms with van der Waals surface area (Å²) in [6.07, 6.45) is 4.12. The molecule has 0 bridgehead atoms. The van der Waals surface area contributed by atoms with Crippen LogP contribution in [0.15, 0.2) is 35.5 Å². The highest BCUT2D eigenvalue weighted by Crippen LogP contribution is 2.13. The number of carbonyl (C=O) groups is 1. The van der Waals surface area contributed by atoms with Crippen molar-refractivity contribution in [1.82, 2.24) is 14.9 Å². The number of imidazole rings is 1. The van der Waals surface area contributed by atoms with E-state index in [-0.39, 0.29) is 5.56 Å². The molecule has 0 unspecified atom stereocenters. The maximum Gasteiger partial charge on any atom is 0.254 e. The van der Waals surface area contributed by atoms with Crippen LogP contribution in [0.3, 0.4) is 0 Å². The van der Waals surface area contributed by atoms with Gasteiger partial charge in [0.2, 0.25) is 0 Å². The summed E-state index contributed by atoms with van der Waals surface area (Å²) in [6.45, 7) is 0.403. The molecule has 0 aliphatic carbocycles. The van der Waals surface area contributed by atoms with Crippen molar-refractivity contribution in [2.24, 2.45) is 7.05 Å². The van der Waals surface area contributed by atoms with E-state index in [2.05, 4.69) is 22.9 Å². The average Bonchev–Trinajstić information content (AvgIpc) is 2.78. The molecule has 1 aromatic carbocycles. The molecule has 2 rings (SSSR count). The van der Waals surface area contributed by atoms with Crippen molar-refractivity contribution in [3.8, 4) is 0 Å². The molecule has 1 aromatic heterocycles. The number of halogens is 1. The van der Waals surface area contributed by atoms with E-state index in [9.17, 15) is 9.18 Å². The maximum atomic E-state index is 13.5. The number of benzene rings is 1. The fourth-order valence-corrected chi connectivity index (χ4v) is 1.91. The quantitative estimate of drug-likeness (QED) is 0.839. The van der Waals surface area contributed by atoms with E-state index in [1.165, 1.54) is 18.2 Å². The van der Waals surface area contributed by atoms with Crippen LogP contribution < -0.4 is 5.32 Å². The van der Waals surface area contributed by atoms with Gasteiger partial charge < -0.3 is 9.88 Å². The Bertz CT molecular complexity index is 597. The Balaban J connectivity index is 1.94. The van der Waals surface area contributed by atoms with Crippen LogP contribution in [0.25, 0.3) is 0 Å². The lowest BCUT2D eigenvalue weighted by atomic mass is 10.2. The molecular weight excluding hydrogens is 265 g/mol. The van der Waals surface area contributed by atoms with Gasteiger partial charge in [-0.05, 0) is 18.2 Å². The molecule has 0 aliphatic rings. The monoisotopic (exact) mass is 279 g/mol. The second kappa shape index (κ2) is 5.88. The molecule has 19 heavy (non-hydrogen) atoms. The molecule has 0 atom stereocenters. The molecule has 0 radical (unpaired) electrons. The molecule has 0 aliphatic heterocycles. The van der Waals surface area contributed by atoms with E-state index >= 15 is 0 Å². The minimum absolute atomic E-state index is 0.00680. The number of hydrogen-bond acceptors (Lipinski definition) is 3. The Hall–Kier alpha value is -1.82. The van der Waals surface area contributed by atoms with E-state index in [0.717, 1.165) is 5.82 Å².